The lowest BCUT2D eigenvalue weighted by Crippen LogP contribution is -2.36. The highest BCUT2D eigenvalue weighted by molar-refractivity contribution is 7.90. The minimum absolute atomic E-state index is 0.191. The minimum Gasteiger partial charge on any atom is -0.308 e. The van der Waals surface area contributed by atoms with Crippen molar-refractivity contribution in [3.8, 4) is 0 Å². The Morgan fingerprint density at radius 2 is 1.68 bits per heavy atom. The van der Waals surface area contributed by atoms with E-state index < -0.39 is 9.84 Å². The van der Waals surface area contributed by atoms with Crippen LogP contribution in [0.4, 0.5) is 10.8 Å². The first-order valence-electron chi connectivity index (χ1n) is 10.6. The second-order valence-corrected chi connectivity index (χ2v) is 11.4. The highest BCUT2D eigenvalue weighted by atomic mass is 32.2. The average Bonchev–Trinajstić information content (AvgIpc) is 3.35. The van der Waals surface area contributed by atoms with Gasteiger partial charge in [-0.15, -0.1) is 0 Å². The van der Waals surface area contributed by atoms with Crippen LogP contribution in [0.2, 0.25) is 0 Å². The van der Waals surface area contributed by atoms with E-state index in [0.29, 0.717) is 39.7 Å². The van der Waals surface area contributed by atoms with Gasteiger partial charge >= 0.3 is 0 Å². The van der Waals surface area contributed by atoms with Crippen LogP contribution >= 0.6 is 11.3 Å². The number of anilines is 2. The summed E-state index contributed by atoms with van der Waals surface area (Å²) in [6, 6.07) is 11.1. The van der Waals surface area contributed by atoms with Crippen LogP contribution in [-0.4, -0.2) is 69.5 Å². The zero-order chi connectivity index (χ0) is 24.6. The molecular formula is C23H24N4O5S2. The van der Waals surface area contributed by atoms with Gasteiger partial charge in [-0.1, -0.05) is 11.3 Å². The van der Waals surface area contributed by atoms with Gasteiger partial charge in [-0.2, -0.15) is 0 Å². The van der Waals surface area contributed by atoms with Crippen LogP contribution in [-0.2, 0) is 19.4 Å². The molecule has 0 N–H and O–H groups in total. The molecule has 1 fully saturated rings. The molecule has 3 amide bonds. The lowest BCUT2D eigenvalue weighted by atomic mass is 10.1. The van der Waals surface area contributed by atoms with E-state index in [-0.39, 0.29) is 35.5 Å². The van der Waals surface area contributed by atoms with Crippen molar-refractivity contribution in [1.82, 2.24) is 9.88 Å². The van der Waals surface area contributed by atoms with Crippen molar-refractivity contribution in [3.05, 3.63) is 48.0 Å². The fourth-order valence-electron chi connectivity index (χ4n) is 3.60. The molecule has 0 bridgehead atoms. The Bertz CT molecular complexity index is 1360. The molecule has 3 aromatic rings. The third-order valence-electron chi connectivity index (χ3n) is 5.45. The predicted octanol–water partition coefficient (Wildman–Crippen LogP) is 2.56. The van der Waals surface area contributed by atoms with Crippen molar-refractivity contribution >= 4 is 59.9 Å². The Balaban J connectivity index is 1.66. The first kappa shape index (κ1) is 24.0. The molecule has 0 atom stereocenters. The maximum atomic E-state index is 13.5. The minimum atomic E-state index is -3.37. The van der Waals surface area contributed by atoms with Crippen LogP contribution in [0.25, 0.3) is 10.2 Å². The number of likely N-dealkylation sites (N-methyl/N-ethyl adjacent to an activating group) is 1. The Morgan fingerprint density at radius 3 is 2.26 bits per heavy atom. The SMILES string of the molecule is CN(C)CCN(C(=O)c1ccc(N2C(=O)CCC2=O)cc1)c1nc2ccc(S(C)(=O)=O)cc2s1. The van der Waals surface area contributed by atoms with Crippen molar-refractivity contribution in [2.45, 2.75) is 17.7 Å². The third kappa shape index (κ3) is 4.86. The monoisotopic (exact) mass is 500 g/mol. The van der Waals surface area contributed by atoms with Crippen LogP contribution in [0.5, 0.6) is 0 Å². The number of thiazole rings is 1. The standard InChI is InChI=1S/C23H24N4O5S2/c1-25(2)12-13-26(23-24-18-9-8-17(34(3,31)32)14-19(18)33-23)22(30)15-4-6-16(7-5-15)27-20(28)10-11-21(27)29/h4-9,14H,10-13H2,1-3H3. The number of carbonyl (C=O) groups is 3. The number of aromatic nitrogens is 1. The molecule has 34 heavy (non-hydrogen) atoms. The first-order chi connectivity index (χ1) is 16.0. The summed E-state index contributed by atoms with van der Waals surface area (Å²) < 4.78 is 24.5. The quantitative estimate of drug-likeness (QED) is 0.459. The number of nitrogens with zero attached hydrogens (tertiary/aromatic N) is 4. The van der Waals surface area contributed by atoms with Crippen LogP contribution in [0.15, 0.2) is 47.4 Å². The predicted molar refractivity (Wildman–Crippen MR) is 131 cm³/mol. The second-order valence-electron chi connectivity index (χ2n) is 8.33. The first-order valence-corrected chi connectivity index (χ1v) is 13.3. The number of hydrogen-bond acceptors (Lipinski definition) is 8. The summed E-state index contributed by atoms with van der Waals surface area (Å²) in [4.78, 5) is 46.9. The number of amides is 3. The van der Waals surface area contributed by atoms with Gasteiger partial charge in [0.1, 0.15) is 0 Å². The van der Waals surface area contributed by atoms with Crippen molar-refractivity contribution < 1.29 is 22.8 Å². The largest absolute Gasteiger partial charge is 0.308 e. The number of benzene rings is 2. The van der Waals surface area contributed by atoms with E-state index in [0.717, 1.165) is 11.2 Å². The van der Waals surface area contributed by atoms with E-state index in [4.69, 9.17) is 0 Å². The molecule has 1 aromatic heterocycles. The topological polar surface area (TPSA) is 108 Å². The lowest BCUT2D eigenvalue weighted by molar-refractivity contribution is -0.121. The van der Waals surface area contributed by atoms with Gasteiger partial charge < -0.3 is 4.90 Å². The highest BCUT2D eigenvalue weighted by Crippen LogP contribution is 2.32. The Hall–Kier alpha value is -3.15. The molecular weight excluding hydrogens is 476 g/mol. The third-order valence-corrected chi connectivity index (χ3v) is 7.60. The van der Waals surface area contributed by atoms with Crippen LogP contribution in [0, 0.1) is 0 Å². The number of carbonyl (C=O) groups excluding carboxylic acids is 3. The van der Waals surface area contributed by atoms with E-state index in [2.05, 4.69) is 4.98 Å². The summed E-state index contributed by atoms with van der Waals surface area (Å²) in [5.41, 5.74) is 1.44. The fourth-order valence-corrected chi connectivity index (χ4v) is 5.35. The van der Waals surface area contributed by atoms with Crippen molar-refractivity contribution in [1.29, 1.82) is 0 Å². The van der Waals surface area contributed by atoms with Gasteiger partial charge in [0, 0.05) is 37.8 Å². The van der Waals surface area contributed by atoms with E-state index in [1.54, 1.807) is 41.3 Å². The molecule has 2 heterocycles. The molecule has 11 heteroatoms. The van der Waals surface area contributed by atoms with Gasteiger partial charge in [-0.3, -0.25) is 24.2 Å². The van der Waals surface area contributed by atoms with Crippen molar-refractivity contribution in [2.24, 2.45) is 0 Å². The maximum absolute atomic E-state index is 13.5. The fraction of sp³-hybridized carbons (Fsp3) is 0.304. The second kappa shape index (κ2) is 9.24. The summed E-state index contributed by atoms with van der Waals surface area (Å²) in [5.74, 6) is -0.783. The Labute approximate surface area is 201 Å². The van der Waals surface area contributed by atoms with E-state index in [1.807, 2.05) is 19.0 Å². The van der Waals surface area contributed by atoms with Crippen LogP contribution < -0.4 is 9.80 Å². The van der Waals surface area contributed by atoms with Crippen LogP contribution in [0.1, 0.15) is 23.2 Å². The van der Waals surface area contributed by atoms with E-state index >= 15 is 0 Å². The molecule has 1 aliphatic rings. The molecule has 2 aromatic carbocycles. The molecule has 178 valence electrons. The maximum Gasteiger partial charge on any atom is 0.260 e. The Morgan fingerprint density at radius 1 is 1.03 bits per heavy atom. The van der Waals surface area contributed by atoms with Gasteiger partial charge in [-0.05, 0) is 56.6 Å². The average molecular weight is 501 g/mol. The summed E-state index contributed by atoms with van der Waals surface area (Å²) in [6.07, 6.45) is 1.53. The molecule has 1 aliphatic heterocycles. The number of hydrogen-bond donors (Lipinski definition) is 0. The summed E-state index contributed by atoms with van der Waals surface area (Å²) in [7, 11) is 0.437. The van der Waals surface area contributed by atoms with Gasteiger partial charge in [0.2, 0.25) is 11.8 Å². The highest BCUT2D eigenvalue weighted by Gasteiger charge is 2.30. The van der Waals surface area contributed by atoms with Crippen LogP contribution in [0.3, 0.4) is 0 Å². The Kier molecular flexibility index (Phi) is 6.52. The number of rotatable bonds is 7. The molecule has 0 spiro atoms. The van der Waals surface area contributed by atoms with Crippen molar-refractivity contribution in [2.75, 3.05) is 43.2 Å². The molecule has 4 rings (SSSR count). The van der Waals surface area contributed by atoms with Gasteiger partial charge in [0.05, 0.1) is 20.8 Å². The number of sulfone groups is 1. The van der Waals surface area contributed by atoms with Gasteiger partial charge in [0.15, 0.2) is 15.0 Å². The zero-order valence-corrected chi connectivity index (χ0v) is 20.6. The lowest BCUT2D eigenvalue weighted by Gasteiger charge is -2.22. The number of fused-ring (bicyclic) bond motifs is 1. The molecule has 9 nitrogen and oxygen atoms in total. The summed E-state index contributed by atoms with van der Waals surface area (Å²) >= 11 is 1.25. The van der Waals surface area contributed by atoms with Gasteiger partial charge in [-0.25, -0.2) is 13.4 Å². The van der Waals surface area contributed by atoms with E-state index in [1.165, 1.54) is 17.4 Å². The normalized spacial score (nSPS) is 14.4. The smallest absolute Gasteiger partial charge is 0.260 e. The molecule has 0 saturated carbocycles. The van der Waals surface area contributed by atoms with Crippen molar-refractivity contribution in [3.63, 3.8) is 0 Å². The molecule has 0 radical (unpaired) electrons. The summed E-state index contributed by atoms with van der Waals surface area (Å²) in [5, 5.41) is 0.460. The molecule has 1 saturated heterocycles. The molecule has 0 unspecified atom stereocenters. The summed E-state index contributed by atoms with van der Waals surface area (Å²) in [6.45, 7) is 0.959. The van der Waals surface area contributed by atoms with E-state index in [9.17, 15) is 22.8 Å². The zero-order valence-electron chi connectivity index (χ0n) is 19.0. The molecule has 0 aliphatic carbocycles. The van der Waals surface area contributed by atoms with Gasteiger partial charge in [0.25, 0.3) is 5.91 Å². The number of imide groups is 1.